The molecular formula is C30H31N3O4. The van der Waals surface area contributed by atoms with Gasteiger partial charge in [-0.3, -0.25) is 14.7 Å². The maximum atomic E-state index is 13.1. The number of benzene rings is 2. The van der Waals surface area contributed by atoms with Gasteiger partial charge in [0.25, 0.3) is 5.56 Å². The number of carbonyl (C=O) groups excluding carboxylic acids is 1. The third-order valence-corrected chi connectivity index (χ3v) is 6.86. The summed E-state index contributed by atoms with van der Waals surface area (Å²) in [6.07, 6.45) is 3.98. The van der Waals surface area contributed by atoms with Gasteiger partial charge in [-0.15, -0.1) is 0 Å². The second-order valence-electron chi connectivity index (χ2n) is 9.31. The molecule has 0 radical (unpaired) electrons. The summed E-state index contributed by atoms with van der Waals surface area (Å²) in [6, 6.07) is 21.9. The van der Waals surface area contributed by atoms with Crippen molar-refractivity contribution in [3.8, 4) is 5.75 Å². The Balaban J connectivity index is 1.32. The number of nitrogens with zero attached hydrogens (tertiary/aromatic N) is 3. The van der Waals surface area contributed by atoms with Crippen LogP contribution in [0.25, 0.3) is 10.9 Å². The van der Waals surface area contributed by atoms with Crippen molar-refractivity contribution in [3.05, 3.63) is 106 Å². The molecule has 0 spiro atoms. The second kappa shape index (κ2) is 11.4. The Hall–Kier alpha value is -3.97. The Kier molecular flexibility index (Phi) is 7.61. The van der Waals surface area contributed by atoms with Crippen LogP contribution >= 0.6 is 0 Å². The van der Waals surface area contributed by atoms with Crippen LogP contribution in [0.5, 0.6) is 5.75 Å². The first kappa shape index (κ1) is 24.7. The summed E-state index contributed by atoms with van der Waals surface area (Å²) in [4.78, 5) is 32.7. The molecule has 4 aromatic rings. The van der Waals surface area contributed by atoms with Crippen LogP contribution in [0.1, 0.15) is 33.6 Å². The molecule has 0 fully saturated rings. The lowest BCUT2D eigenvalue weighted by atomic mass is 10.1. The van der Waals surface area contributed by atoms with Crippen LogP contribution in [-0.4, -0.2) is 47.2 Å². The molecular weight excluding hydrogens is 466 g/mol. The molecule has 0 bridgehead atoms. The lowest BCUT2D eigenvalue weighted by Gasteiger charge is -2.19. The summed E-state index contributed by atoms with van der Waals surface area (Å²) in [5, 5.41) is 1.11. The number of aryl methyl sites for hydroxylation is 1. The Morgan fingerprint density at radius 1 is 0.973 bits per heavy atom. The van der Waals surface area contributed by atoms with E-state index in [2.05, 4.69) is 46.3 Å². The molecule has 7 heteroatoms. The fraction of sp³-hybridized carbons (Fsp3) is 0.300. The smallest absolute Gasteiger partial charge is 0.343 e. The van der Waals surface area contributed by atoms with Crippen molar-refractivity contribution in [1.29, 1.82) is 0 Å². The van der Waals surface area contributed by atoms with Crippen LogP contribution < -0.4 is 10.3 Å². The minimum absolute atomic E-state index is 0.155. The van der Waals surface area contributed by atoms with Gasteiger partial charge in [0.05, 0.1) is 19.2 Å². The molecule has 1 aliphatic rings. The summed E-state index contributed by atoms with van der Waals surface area (Å²) < 4.78 is 12.8. The third-order valence-electron chi connectivity index (χ3n) is 6.86. The SMILES string of the molecule is COC(=O)c1c(OCCCc2ccccc2)cc(=O)n2c1CCN(Cc1ccc3cccnc3c1)CC2. The van der Waals surface area contributed by atoms with Crippen molar-refractivity contribution in [1.82, 2.24) is 14.5 Å². The van der Waals surface area contributed by atoms with Crippen LogP contribution in [0.4, 0.5) is 0 Å². The number of ether oxygens (including phenoxy) is 2. The van der Waals surface area contributed by atoms with E-state index in [4.69, 9.17) is 9.47 Å². The molecule has 0 N–H and O–H groups in total. The zero-order valence-corrected chi connectivity index (χ0v) is 21.1. The number of rotatable bonds is 8. The number of esters is 1. The van der Waals surface area contributed by atoms with Gasteiger partial charge >= 0.3 is 5.97 Å². The van der Waals surface area contributed by atoms with Crippen LogP contribution in [-0.2, 0) is 30.7 Å². The van der Waals surface area contributed by atoms with Crippen molar-refractivity contribution in [2.75, 3.05) is 26.8 Å². The van der Waals surface area contributed by atoms with Crippen molar-refractivity contribution in [3.63, 3.8) is 0 Å². The van der Waals surface area contributed by atoms with Crippen LogP contribution in [0.15, 0.2) is 77.7 Å². The summed E-state index contributed by atoms with van der Waals surface area (Å²) in [6.45, 7) is 3.06. The molecule has 0 saturated carbocycles. The first-order valence-corrected chi connectivity index (χ1v) is 12.7. The largest absolute Gasteiger partial charge is 0.492 e. The van der Waals surface area contributed by atoms with Crippen molar-refractivity contribution >= 4 is 16.9 Å². The summed E-state index contributed by atoms with van der Waals surface area (Å²) in [5.41, 5.74) is 4.25. The number of carbonyl (C=O) groups is 1. The van der Waals surface area contributed by atoms with E-state index in [1.807, 2.05) is 24.3 Å². The number of hydrogen-bond donors (Lipinski definition) is 0. The Morgan fingerprint density at radius 2 is 1.84 bits per heavy atom. The fourth-order valence-electron chi connectivity index (χ4n) is 4.96. The number of aromatic nitrogens is 2. The topological polar surface area (TPSA) is 73.7 Å². The standard InChI is InChI=1S/C30H31N3O4/c1-36-30(35)29-26-13-15-32(21-23-11-12-24-10-5-14-31-25(24)19-23)16-17-33(26)28(34)20-27(29)37-18-6-9-22-7-3-2-4-8-22/h2-5,7-8,10-12,14,19-20H,6,9,13,15-18,21H2,1H3. The van der Waals surface area contributed by atoms with Gasteiger partial charge < -0.3 is 14.0 Å². The maximum absolute atomic E-state index is 13.1. The Labute approximate surface area is 216 Å². The van der Waals surface area contributed by atoms with E-state index >= 15 is 0 Å². The highest BCUT2D eigenvalue weighted by molar-refractivity contribution is 5.93. The quantitative estimate of drug-likeness (QED) is 0.268. The average Bonchev–Trinajstić information content (AvgIpc) is 3.14. The highest BCUT2D eigenvalue weighted by Gasteiger charge is 2.26. The van der Waals surface area contributed by atoms with E-state index in [0.29, 0.717) is 49.7 Å². The van der Waals surface area contributed by atoms with E-state index in [0.717, 1.165) is 30.3 Å². The first-order chi connectivity index (χ1) is 18.1. The van der Waals surface area contributed by atoms with Gasteiger partial charge in [0, 0.05) is 55.9 Å². The molecule has 2 aromatic carbocycles. The predicted molar refractivity (Wildman–Crippen MR) is 143 cm³/mol. The van der Waals surface area contributed by atoms with Gasteiger partial charge in [0.15, 0.2) is 0 Å². The van der Waals surface area contributed by atoms with Crippen molar-refractivity contribution in [2.45, 2.75) is 32.4 Å². The fourth-order valence-corrected chi connectivity index (χ4v) is 4.96. The minimum Gasteiger partial charge on any atom is -0.492 e. The molecule has 0 atom stereocenters. The molecule has 0 saturated heterocycles. The molecule has 2 aromatic heterocycles. The number of hydrogen-bond acceptors (Lipinski definition) is 6. The lowest BCUT2D eigenvalue weighted by Crippen LogP contribution is -2.29. The molecule has 0 amide bonds. The second-order valence-corrected chi connectivity index (χ2v) is 9.31. The van der Waals surface area contributed by atoms with E-state index < -0.39 is 5.97 Å². The highest BCUT2D eigenvalue weighted by atomic mass is 16.5. The summed E-state index contributed by atoms with van der Waals surface area (Å²) >= 11 is 0. The van der Waals surface area contributed by atoms with E-state index in [1.54, 1.807) is 10.8 Å². The predicted octanol–water partition coefficient (Wildman–Crippen LogP) is 4.25. The van der Waals surface area contributed by atoms with Crippen LogP contribution in [0.2, 0.25) is 0 Å². The Bertz CT molecular complexity index is 1450. The zero-order chi connectivity index (χ0) is 25.6. The molecule has 1 aliphatic heterocycles. The maximum Gasteiger partial charge on any atom is 0.343 e. The number of pyridine rings is 2. The number of fused-ring (bicyclic) bond motifs is 2. The van der Waals surface area contributed by atoms with Gasteiger partial charge in [-0.1, -0.05) is 48.5 Å². The summed E-state index contributed by atoms with van der Waals surface area (Å²) in [7, 11) is 1.36. The van der Waals surface area contributed by atoms with Gasteiger partial charge in [-0.25, -0.2) is 4.79 Å². The van der Waals surface area contributed by atoms with E-state index in [9.17, 15) is 9.59 Å². The molecule has 0 aliphatic carbocycles. The normalized spacial score (nSPS) is 13.6. The third kappa shape index (κ3) is 5.73. The van der Waals surface area contributed by atoms with Crippen molar-refractivity contribution < 1.29 is 14.3 Å². The van der Waals surface area contributed by atoms with E-state index in [1.165, 1.54) is 24.3 Å². The first-order valence-electron chi connectivity index (χ1n) is 12.7. The van der Waals surface area contributed by atoms with Crippen LogP contribution in [0, 0.1) is 0 Å². The van der Waals surface area contributed by atoms with E-state index in [-0.39, 0.29) is 5.56 Å². The molecule has 7 nitrogen and oxygen atoms in total. The summed E-state index contributed by atoms with van der Waals surface area (Å²) in [5.74, 6) is -0.166. The highest BCUT2D eigenvalue weighted by Crippen LogP contribution is 2.25. The molecule has 3 heterocycles. The lowest BCUT2D eigenvalue weighted by molar-refractivity contribution is 0.0593. The Morgan fingerprint density at radius 3 is 2.68 bits per heavy atom. The number of methoxy groups -OCH3 is 1. The molecule has 37 heavy (non-hydrogen) atoms. The van der Waals surface area contributed by atoms with Gasteiger partial charge in [-0.05, 0) is 36.1 Å². The minimum atomic E-state index is -0.476. The van der Waals surface area contributed by atoms with Crippen LogP contribution in [0.3, 0.4) is 0 Å². The zero-order valence-electron chi connectivity index (χ0n) is 21.1. The molecule has 190 valence electrons. The molecule has 5 rings (SSSR count). The van der Waals surface area contributed by atoms with Gasteiger partial charge in [-0.2, -0.15) is 0 Å². The average molecular weight is 498 g/mol. The molecule has 0 unspecified atom stereocenters. The monoisotopic (exact) mass is 497 g/mol. The van der Waals surface area contributed by atoms with Gasteiger partial charge in [0.2, 0.25) is 0 Å². The van der Waals surface area contributed by atoms with Gasteiger partial charge in [0.1, 0.15) is 11.3 Å². The van der Waals surface area contributed by atoms with Crippen molar-refractivity contribution in [2.24, 2.45) is 0 Å².